The van der Waals surface area contributed by atoms with Gasteiger partial charge < -0.3 is 15.7 Å². The normalized spacial score (nSPS) is 19.7. The topological polar surface area (TPSA) is 83.6 Å². The summed E-state index contributed by atoms with van der Waals surface area (Å²) in [5.74, 6) is -1.49. The fourth-order valence-corrected chi connectivity index (χ4v) is 3.37. The predicted molar refractivity (Wildman–Crippen MR) is 102 cm³/mol. The standard InChI is InChI=1S/C21H21FN2O3/c1-12-19(14-5-7-16(23)8-6-14)18(22)10-24(2)20(12)17(13-3-4-13)9-15(11-25)21(26)27/h5-11,13H,3-4,23H2,1-2H3,(H,26,27)/b15-9+,20-17+. The number of anilines is 1. The van der Waals surface area contributed by atoms with Gasteiger partial charge in [-0.1, -0.05) is 12.1 Å². The van der Waals surface area contributed by atoms with Gasteiger partial charge in [-0.25, -0.2) is 9.18 Å². The van der Waals surface area contributed by atoms with Gasteiger partial charge >= 0.3 is 5.97 Å². The first-order valence-corrected chi connectivity index (χ1v) is 8.65. The molecule has 0 bridgehead atoms. The van der Waals surface area contributed by atoms with Crippen molar-refractivity contribution < 1.29 is 19.1 Å². The fraction of sp³-hybridized carbons (Fsp3) is 0.238. The maximum Gasteiger partial charge on any atom is 0.339 e. The molecule has 27 heavy (non-hydrogen) atoms. The molecular weight excluding hydrogens is 347 g/mol. The van der Waals surface area contributed by atoms with Crippen LogP contribution in [0.3, 0.4) is 0 Å². The summed E-state index contributed by atoms with van der Waals surface area (Å²) in [6, 6.07) is 6.93. The Morgan fingerprint density at radius 1 is 1.30 bits per heavy atom. The van der Waals surface area contributed by atoms with Crippen LogP contribution in [0.2, 0.25) is 0 Å². The lowest BCUT2D eigenvalue weighted by Crippen LogP contribution is -2.20. The molecule has 0 unspecified atom stereocenters. The van der Waals surface area contributed by atoms with Gasteiger partial charge in [-0.3, -0.25) is 4.79 Å². The molecule has 0 aromatic heterocycles. The number of hydrogen-bond donors (Lipinski definition) is 2. The number of carbonyl (C=O) groups excluding carboxylic acids is 1. The lowest BCUT2D eigenvalue weighted by atomic mass is 9.91. The average Bonchev–Trinajstić information content (AvgIpc) is 3.43. The highest BCUT2D eigenvalue weighted by Gasteiger charge is 2.32. The molecule has 1 aliphatic carbocycles. The number of aldehydes is 1. The lowest BCUT2D eigenvalue weighted by molar-refractivity contribution is -0.133. The number of carboxylic acid groups (broad SMARTS) is 1. The number of nitrogens with two attached hydrogens (primary N) is 1. The number of rotatable bonds is 5. The molecule has 0 saturated heterocycles. The molecule has 0 radical (unpaired) electrons. The summed E-state index contributed by atoms with van der Waals surface area (Å²) in [7, 11) is 1.72. The summed E-state index contributed by atoms with van der Waals surface area (Å²) in [5, 5.41) is 9.22. The van der Waals surface area contributed by atoms with Crippen LogP contribution in [0.5, 0.6) is 0 Å². The molecule has 6 heteroatoms. The third kappa shape index (κ3) is 3.69. The monoisotopic (exact) mass is 368 g/mol. The first-order chi connectivity index (χ1) is 12.8. The Morgan fingerprint density at radius 2 is 1.93 bits per heavy atom. The molecule has 3 rings (SSSR count). The van der Waals surface area contributed by atoms with Gasteiger partial charge in [-0.15, -0.1) is 0 Å². The van der Waals surface area contributed by atoms with Gasteiger partial charge in [-0.05, 0) is 60.6 Å². The van der Waals surface area contributed by atoms with Gasteiger partial charge in [-0.2, -0.15) is 0 Å². The second-order valence-corrected chi connectivity index (χ2v) is 6.81. The number of aliphatic carboxylic acids is 1. The highest BCUT2D eigenvalue weighted by atomic mass is 19.1. The predicted octanol–water partition coefficient (Wildman–Crippen LogP) is 3.67. The van der Waals surface area contributed by atoms with E-state index in [1.807, 2.05) is 6.92 Å². The number of nitrogens with zero attached hydrogens (tertiary/aromatic N) is 1. The molecule has 1 aromatic carbocycles. The van der Waals surface area contributed by atoms with E-state index in [4.69, 9.17) is 5.73 Å². The highest BCUT2D eigenvalue weighted by Crippen LogP contribution is 2.45. The van der Waals surface area contributed by atoms with Crippen LogP contribution in [-0.4, -0.2) is 29.3 Å². The Balaban J connectivity index is 2.22. The summed E-state index contributed by atoms with van der Waals surface area (Å²) >= 11 is 0. The highest BCUT2D eigenvalue weighted by molar-refractivity contribution is 6.07. The van der Waals surface area contributed by atoms with Crippen molar-refractivity contribution in [1.29, 1.82) is 0 Å². The molecule has 2 aliphatic rings. The Labute approximate surface area is 157 Å². The van der Waals surface area contributed by atoms with Crippen molar-refractivity contribution in [3.63, 3.8) is 0 Å². The van der Waals surface area contributed by atoms with E-state index >= 15 is 0 Å². The molecule has 1 fully saturated rings. The Morgan fingerprint density at radius 3 is 2.44 bits per heavy atom. The fourth-order valence-electron chi connectivity index (χ4n) is 3.37. The second kappa shape index (κ2) is 7.23. The third-order valence-corrected chi connectivity index (χ3v) is 4.80. The number of likely N-dealkylation sites (N-methyl/N-ethyl adjacent to an activating group) is 1. The number of allylic oxidation sites excluding steroid dienone is 5. The maximum atomic E-state index is 14.8. The summed E-state index contributed by atoms with van der Waals surface area (Å²) in [5.41, 5.74) is 9.30. The van der Waals surface area contributed by atoms with Crippen LogP contribution < -0.4 is 5.73 Å². The maximum absolute atomic E-state index is 14.8. The molecule has 0 spiro atoms. The second-order valence-electron chi connectivity index (χ2n) is 6.81. The zero-order chi connectivity index (χ0) is 19.7. The van der Waals surface area contributed by atoms with E-state index in [1.165, 1.54) is 12.3 Å². The van der Waals surface area contributed by atoms with Crippen LogP contribution in [-0.2, 0) is 9.59 Å². The van der Waals surface area contributed by atoms with Gasteiger partial charge in [0.05, 0.1) is 5.57 Å². The molecule has 0 atom stereocenters. The summed E-state index contributed by atoms with van der Waals surface area (Å²) < 4.78 is 14.8. The molecular formula is C21H21FN2O3. The molecule has 1 aromatic rings. The smallest absolute Gasteiger partial charge is 0.339 e. The van der Waals surface area contributed by atoms with E-state index in [1.54, 1.807) is 36.2 Å². The summed E-state index contributed by atoms with van der Waals surface area (Å²) in [6.45, 7) is 1.81. The van der Waals surface area contributed by atoms with Gasteiger partial charge in [0.25, 0.3) is 0 Å². The molecule has 3 N–H and O–H groups in total. The molecule has 140 valence electrons. The van der Waals surface area contributed by atoms with Crippen LogP contribution in [0.25, 0.3) is 5.57 Å². The molecule has 5 nitrogen and oxygen atoms in total. The van der Waals surface area contributed by atoms with E-state index in [-0.39, 0.29) is 17.3 Å². The largest absolute Gasteiger partial charge is 0.478 e. The number of carbonyl (C=O) groups is 2. The zero-order valence-corrected chi connectivity index (χ0v) is 15.2. The minimum absolute atomic E-state index is 0.161. The zero-order valence-electron chi connectivity index (χ0n) is 15.2. The van der Waals surface area contributed by atoms with Crippen molar-refractivity contribution in [2.75, 3.05) is 12.8 Å². The van der Waals surface area contributed by atoms with Crippen LogP contribution in [0.1, 0.15) is 25.3 Å². The molecule has 1 saturated carbocycles. The average molecular weight is 368 g/mol. The molecule has 0 amide bonds. The van der Waals surface area contributed by atoms with Crippen LogP contribution in [0, 0.1) is 5.92 Å². The van der Waals surface area contributed by atoms with Gasteiger partial charge in [0.15, 0.2) is 6.29 Å². The van der Waals surface area contributed by atoms with Crippen molar-refractivity contribution >= 4 is 23.5 Å². The first-order valence-electron chi connectivity index (χ1n) is 8.65. The van der Waals surface area contributed by atoms with E-state index in [0.717, 1.165) is 24.1 Å². The Hall–Kier alpha value is -3.15. The number of hydrogen-bond acceptors (Lipinski definition) is 4. The van der Waals surface area contributed by atoms with E-state index in [9.17, 15) is 19.1 Å². The number of nitrogen functional groups attached to an aromatic ring is 1. The van der Waals surface area contributed by atoms with Gasteiger partial charge in [0.2, 0.25) is 0 Å². The number of carboxylic acids is 1. The lowest BCUT2D eigenvalue weighted by Gasteiger charge is -2.29. The quantitative estimate of drug-likeness (QED) is 0.272. The number of benzene rings is 1. The minimum atomic E-state index is -1.27. The summed E-state index contributed by atoms with van der Waals surface area (Å²) in [6.07, 6.45) is 4.95. The van der Waals surface area contributed by atoms with Gasteiger partial charge in [0.1, 0.15) is 5.83 Å². The minimum Gasteiger partial charge on any atom is -0.478 e. The van der Waals surface area contributed by atoms with E-state index in [0.29, 0.717) is 28.7 Å². The van der Waals surface area contributed by atoms with Crippen molar-refractivity contribution in [2.45, 2.75) is 19.8 Å². The van der Waals surface area contributed by atoms with Crippen LogP contribution in [0.4, 0.5) is 10.1 Å². The SMILES string of the molecule is CC1=C(c2ccc(N)cc2)C(F)=CN(C)/C1=C(\C=C(/C=O)C(=O)O)C1CC1. The van der Waals surface area contributed by atoms with Crippen molar-refractivity contribution in [3.8, 4) is 0 Å². The van der Waals surface area contributed by atoms with Gasteiger partial charge in [0, 0.05) is 30.2 Å². The van der Waals surface area contributed by atoms with Crippen LogP contribution in [0.15, 0.2) is 64.8 Å². The Kier molecular flexibility index (Phi) is 4.99. The summed E-state index contributed by atoms with van der Waals surface area (Å²) in [4.78, 5) is 24.1. The van der Waals surface area contributed by atoms with E-state index < -0.39 is 5.97 Å². The van der Waals surface area contributed by atoms with Crippen molar-refractivity contribution in [2.24, 2.45) is 5.92 Å². The van der Waals surface area contributed by atoms with Crippen molar-refractivity contribution in [3.05, 3.63) is 70.3 Å². The van der Waals surface area contributed by atoms with E-state index in [2.05, 4.69) is 0 Å². The third-order valence-electron chi connectivity index (χ3n) is 4.80. The molecule has 1 aliphatic heterocycles. The molecule has 1 heterocycles. The van der Waals surface area contributed by atoms with Crippen LogP contribution >= 0.6 is 0 Å². The van der Waals surface area contributed by atoms with Crippen molar-refractivity contribution in [1.82, 2.24) is 4.90 Å². The first kappa shape index (κ1) is 18.6. The Bertz CT molecular complexity index is 919. The number of halogens is 1.